The third kappa shape index (κ3) is 3.00. The number of imidazole rings is 1. The molecule has 4 aromatic rings. The van der Waals surface area contributed by atoms with Gasteiger partial charge < -0.3 is 14.6 Å². The van der Waals surface area contributed by atoms with Crippen LogP contribution in [0.3, 0.4) is 0 Å². The van der Waals surface area contributed by atoms with E-state index in [9.17, 15) is 8.78 Å². The first-order valence-corrected chi connectivity index (χ1v) is 8.36. The molecule has 0 saturated carbocycles. The summed E-state index contributed by atoms with van der Waals surface area (Å²) in [6, 6.07) is 10.5. The van der Waals surface area contributed by atoms with E-state index in [1.165, 1.54) is 17.4 Å². The van der Waals surface area contributed by atoms with E-state index in [1.807, 2.05) is 23.7 Å². The highest BCUT2D eigenvalue weighted by Gasteiger charge is 2.24. The van der Waals surface area contributed by atoms with Crippen LogP contribution in [-0.4, -0.2) is 20.6 Å². The molecule has 0 amide bonds. The fraction of sp³-hybridized carbons (Fsp3) is 0.176. The Balaban J connectivity index is 1.73. The van der Waals surface area contributed by atoms with Crippen LogP contribution in [-0.2, 0) is 7.05 Å². The van der Waals surface area contributed by atoms with Gasteiger partial charge in [-0.05, 0) is 24.3 Å². The van der Waals surface area contributed by atoms with Gasteiger partial charge in [-0.1, -0.05) is 23.5 Å². The quantitative estimate of drug-likeness (QED) is 0.561. The van der Waals surface area contributed by atoms with Crippen LogP contribution in [0.15, 0.2) is 42.7 Å². The zero-order valence-electron chi connectivity index (χ0n) is 13.5. The predicted octanol–water partition coefficient (Wildman–Crippen LogP) is 4.92. The van der Waals surface area contributed by atoms with Gasteiger partial charge in [0.25, 0.3) is 0 Å². The predicted molar refractivity (Wildman–Crippen MR) is 94.9 cm³/mol. The van der Waals surface area contributed by atoms with Gasteiger partial charge in [0.05, 0.1) is 22.2 Å². The van der Waals surface area contributed by atoms with Crippen molar-refractivity contribution >= 4 is 43.4 Å². The van der Waals surface area contributed by atoms with Gasteiger partial charge >= 0.3 is 6.11 Å². The van der Waals surface area contributed by atoms with Crippen LogP contribution in [0.1, 0.15) is 6.92 Å². The fourth-order valence-electron chi connectivity index (χ4n) is 2.61. The van der Waals surface area contributed by atoms with Crippen molar-refractivity contribution in [2.75, 3.05) is 5.32 Å². The molecule has 0 atom stereocenters. The molecule has 0 radical (unpaired) electrons. The number of hydrogen-bond acceptors (Lipinski definition) is 5. The zero-order chi connectivity index (χ0) is 17.6. The highest BCUT2D eigenvalue weighted by Crippen LogP contribution is 2.36. The molecular weight excluding hydrogens is 346 g/mol. The largest absolute Gasteiger partial charge is 0.431 e. The maximum Gasteiger partial charge on any atom is 0.394 e. The Labute approximate surface area is 145 Å². The third-order valence-corrected chi connectivity index (χ3v) is 4.61. The van der Waals surface area contributed by atoms with E-state index < -0.39 is 6.11 Å². The molecule has 0 aliphatic carbocycles. The second kappa shape index (κ2) is 5.66. The summed E-state index contributed by atoms with van der Waals surface area (Å²) in [6.45, 7) is 0.708. The molecule has 4 rings (SSSR count). The van der Waals surface area contributed by atoms with E-state index in [4.69, 9.17) is 4.74 Å². The fourth-order valence-corrected chi connectivity index (χ4v) is 3.49. The van der Waals surface area contributed by atoms with Crippen LogP contribution in [0.2, 0.25) is 0 Å². The first-order chi connectivity index (χ1) is 11.9. The number of aromatic nitrogens is 3. The molecule has 1 N–H and O–H groups in total. The number of alkyl halides is 2. The number of anilines is 2. The van der Waals surface area contributed by atoms with Gasteiger partial charge in [-0.25, -0.2) is 9.97 Å². The van der Waals surface area contributed by atoms with Crippen LogP contribution < -0.4 is 10.1 Å². The normalized spacial score (nSPS) is 12.0. The van der Waals surface area contributed by atoms with E-state index >= 15 is 0 Å². The van der Waals surface area contributed by atoms with Crippen LogP contribution >= 0.6 is 11.3 Å². The number of nitrogens with zero attached hydrogens (tertiary/aromatic N) is 3. The molecular formula is C17H14F2N4OS. The number of hydrogen-bond donors (Lipinski definition) is 1. The molecule has 0 aliphatic rings. The number of benzene rings is 2. The SMILES string of the molecule is Cn1cnc2c3nc(Nc4ccccc4OC(C)(F)F)sc3ccc21. The summed E-state index contributed by atoms with van der Waals surface area (Å²) < 4.78 is 34.0. The van der Waals surface area contributed by atoms with E-state index in [1.54, 1.807) is 24.5 Å². The maximum atomic E-state index is 13.2. The lowest BCUT2D eigenvalue weighted by Crippen LogP contribution is -2.19. The van der Waals surface area contributed by atoms with Crippen molar-refractivity contribution in [2.45, 2.75) is 13.0 Å². The molecule has 0 unspecified atom stereocenters. The summed E-state index contributed by atoms with van der Waals surface area (Å²) in [5, 5.41) is 3.66. The molecule has 2 heterocycles. The summed E-state index contributed by atoms with van der Waals surface area (Å²) >= 11 is 1.43. The number of nitrogens with one attached hydrogen (secondary N) is 1. The monoisotopic (exact) mass is 360 g/mol. The van der Waals surface area contributed by atoms with Gasteiger partial charge in [0.1, 0.15) is 16.8 Å². The average molecular weight is 360 g/mol. The van der Waals surface area contributed by atoms with Crippen molar-refractivity contribution in [3.8, 4) is 5.75 Å². The topological polar surface area (TPSA) is 52.0 Å². The lowest BCUT2D eigenvalue weighted by Gasteiger charge is -2.16. The first kappa shape index (κ1) is 15.8. The minimum absolute atomic E-state index is 0.0669. The number of fused-ring (bicyclic) bond motifs is 3. The van der Waals surface area contributed by atoms with Gasteiger partial charge in [0.2, 0.25) is 0 Å². The number of thiazole rings is 1. The smallest absolute Gasteiger partial charge is 0.394 e. The van der Waals surface area contributed by atoms with Gasteiger partial charge in [0.15, 0.2) is 5.13 Å². The van der Waals surface area contributed by atoms with Crippen LogP contribution in [0.4, 0.5) is 19.6 Å². The van der Waals surface area contributed by atoms with Crippen molar-refractivity contribution in [1.82, 2.24) is 14.5 Å². The lowest BCUT2D eigenvalue weighted by molar-refractivity contribution is -0.158. The molecule has 5 nitrogen and oxygen atoms in total. The van der Waals surface area contributed by atoms with Gasteiger partial charge in [-0.3, -0.25) is 0 Å². The van der Waals surface area contributed by atoms with Gasteiger partial charge in [-0.2, -0.15) is 8.78 Å². The molecule has 0 saturated heterocycles. The summed E-state index contributed by atoms with van der Waals surface area (Å²) in [6.07, 6.45) is -1.52. The van der Waals surface area contributed by atoms with Crippen molar-refractivity contribution in [1.29, 1.82) is 0 Å². The van der Waals surface area contributed by atoms with E-state index in [-0.39, 0.29) is 5.75 Å². The molecule has 25 heavy (non-hydrogen) atoms. The summed E-state index contributed by atoms with van der Waals surface area (Å²) in [5.74, 6) is 0.0669. The third-order valence-electron chi connectivity index (χ3n) is 3.67. The standard InChI is InChI=1S/C17H14F2N4OS/c1-17(18,19)24-12-6-4-3-5-10(12)21-16-22-15-13(25-16)8-7-11-14(15)20-9-23(11)2/h3-9H,1-2H3,(H,21,22). The average Bonchev–Trinajstić information content (AvgIpc) is 3.11. The molecule has 2 aromatic heterocycles. The van der Waals surface area contributed by atoms with Crippen molar-refractivity contribution in [3.63, 3.8) is 0 Å². The van der Waals surface area contributed by atoms with Crippen molar-refractivity contribution in [2.24, 2.45) is 7.05 Å². The highest BCUT2D eigenvalue weighted by molar-refractivity contribution is 7.22. The highest BCUT2D eigenvalue weighted by atomic mass is 32.1. The van der Waals surface area contributed by atoms with Crippen LogP contribution in [0.25, 0.3) is 21.3 Å². The molecule has 8 heteroatoms. The molecule has 0 bridgehead atoms. The summed E-state index contributed by atoms with van der Waals surface area (Å²) in [5.41, 5.74) is 3.01. The Morgan fingerprint density at radius 3 is 2.76 bits per heavy atom. The number of ether oxygens (including phenoxy) is 1. The van der Waals surface area contributed by atoms with Gasteiger partial charge in [0, 0.05) is 14.0 Å². The molecule has 128 valence electrons. The Morgan fingerprint density at radius 1 is 1.16 bits per heavy atom. The van der Waals surface area contributed by atoms with Crippen LogP contribution in [0, 0.1) is 0 Å². The summed E-state index contributed by atoms with van der Waals surface area (Å²) in [4.78, 5) is 8.96. The number of rotatable bonds is 4. The number of halogens is 2. The minimum atomic E-state index is -3.26. The second-order valence-electron chi connectivity index (χ2n) is 5.69. The van der Waals surface area contributed by atoms with Crippen LogP contribution in [0.5, 0.6) is 5.75 Å². The number of para-hydroxylation sites is 2. The first-order valence-electron chi connectivity index (χ1n) is 7.54. The second-order valence-corrected chi connectivity index (χ2v) is 6.72. The van der Waals surface area contributed by atoms with E-state index in [2.05, 4.69) is 15.3 Å². The Hall–Kier alpha value is -2.74. The molecule has 2 aromatic carbocycles. The molecule has 0 fully saturated rings. The number of aryl methyl sites for hydroxylation is 1. The summed E-state index contributed by atoms with van der Waals surface area (Å²) in [7, 11) is 1.92. The molecule has 0 aliphatic heterocycles. The van der Waals surface area contributed by atoms with E-state index in [0.717, 1.165) is 21.3 Å². The Morgan fingerprint density at radius 2 is 1.96 bits per heavy atom. The Kier molecular flexibility index (Phi) is 3.57. The maximum absolute atomic E-state index is 13.2. The van der Waals surface area contributed by atoms with Crippen molar-refractivity contribution in [3.05, 3.63) is 42.7 Å². The van der Waals surface area contributed by atoms with Crippen molar-refractivity contribution < 1.29 is 13.5 Å². The minimum Gasteiger partial charge on any atom is -0.431 e. The Bertz CT molecular complexity index is 1070. The van der Waals surface area contributed by atoms with Gasteiger partial charge in [-0.15, -0.1) is 0 Å². The molecule has 0 spiro atoms. The lowest BCUT2D eigenvalue weighted by atomic mass is 10.3. The zero-order valence-corrected chi connectivity index (χ0v) is 14.3. The van der Waals surface area contributed by atoms with E-state index in [0.29, 0.717) is 17.7 Å².